The van der Waals surface area contributed by atoms with Crippen molar-refractivity contribution in [2.45, 2.75) is 17.8 Å². The van der Waals surface area contributed by atoms with Crippen LogP contribution in [0.15, 0.2) is 122 Å². The van der Waals surface area contributed by atoms with Gasteiger partial charge in [-0.3, -0.25) is 9.97 Å². The summed E-state index contributed by atoms with van der Waals surface area (Å²) in [6, 6.07) is 31.1. The Kier molecular flexibility index (Phi) is 5.69. The highest BCUT2D eigenvalue weighted by Crippen LogP contribution is 2.63. The van der Waals surface area contributed by atoms with Crippen molar-refractivity contribution < 1.29 is 26.3 Å². The molecule has 0 radical (unpaired) electrons. The summed E-state index contributed by atoms with van der Waals surface area (Å²) in [5.74, 6) is 0. The van der Waals surface area contributed by atoms with Crippen LogP contribution >= 0.6 is 0 Å². The number of rotatable bonds is 2. The molecule has 2 aromatic heterocycles. The van der Waals surface area contributed by atoms with E-state index >= 15 is 0 Å². The third kappa shape index (κ3) is 3.98. The van der Waals surface area contributed by atoms with Crippen LogP contribution in [0.1, 0.15) is 33.4 Å². The first-order valence-corrected chi connectivity index (χ1v) is 14.1. The number of fused-ring (bicyclic) bond motifs is 10. The molecule has 0 saturated carbocycles. The van der Waals surface area contributed by atoms with E-state index in [1.807, 2.05) is 72.8 Å². The molecule has 4 aromatic carbocycles. The van der Waals surface area contributed by atoms with Gasteiger partial charge in [0.2, 0.25) is 0 Å². The Morgan fingerprint density at radius 1 is 0.422 bits per heavy atom. The van der Waals surface area contributed by atoms with Crippen molar-refractivity contribution >= 4 is 0 Å². The molecule has 0 N–H and O–H groups in total. The van der Waals surface area contributed by atoms with Crippen LogP contribution in [0.25, 0.3) is 44.8 Å². The Hall–Kier alpha value is -5.24. The Morgan fingerprint density at radius 3 is 1.24 bits per heavy atom. The molecule has 0 saturated heterocycles. The van der Waals surface area contributed by atoms with Crippen LogP contribution in [0, 0.1) is 0 Å². The first kappa shape index (κ1) is 27.3. The minimum absolute atomic E-state index is 0.187. The monoisotopic (exact) mass is 606 g/mol. The quantitative estimate of drug-likeness (QED) is 0.183. The molecule has 45 heavy (non-hydrogen) atoms. The molecule has 6 aromatic rings. The van der Waals surface area contributed by atoms with Gasteiger partial charge < -0.3 is 0 Å². The fourth-order valence-corrected chi connectivity index (χ4v) is 6.99. The second kappa shape index (κ2) is 9.38. The molecule has 220 valence electrons. The van der Waals surface area contributed by atoms with Crippen LogP contribution in [-0.2, 0) is 17.8 Å². The molecular weight excluding hydrogens is 586 g/mol. The molecule has 2 aliphatic rings. The molecule has 2 heterocycles. The topological polar surface area (TPSA) is 25.8 Å². The van der Waals surface area contributed by atoms with Crippen molar-refractivity contribution in [3.8, 4) is 44.8 Å². The lowest BCUT2D eigenvalue weighted by molar-refractivity contribution is -0.138. The Bertz CT molecular complexity index is 2010. The average Bonchev–Trinajstić information content (AvgIpc) is 3.51. The van der Waals surface area contributed by atoms with Gasteiger partial charge in [0, 0.05) is 23.5 Å². The SMILES string of the molecule is FC(F)(F)c1ccnc(-c2ccc3c(c2)C2(c4ccccc4-3)c3ccccc3-c3ccc(-c4cc(C(F)(F)F)ccn4)cc32)c1. The number of alkyl halides is 6. The van der Waals surface area contributed by atoms with E-state index in [1.54, 1.807) is 12.1 Å². The van der Waals surface area contributed by atoms with Gasteiger partial charge in [-0.25, -0.2) is 0 Å². The molecule has 8 heteroatoms. The van der Waals surface area contributed by atoms with Crippen LogP contribution in [0.2, 0.25) is 0 Å². The minimum Gasteiger partial charge on any atom is -0.256 e. The zero-order valence-electron chi connectivity index (χ0n) is 23.2. The summed E-state index contributed by atoms with van der Waals surface area (Å²) >= 11 is 0. The van der Waals surface area contributed by atoms with E-state index in [9.17, 15) is 26.3 Å². The number of hydrogen-bond donors (Lipinski definition) is 0. The van der Waals surface area contributed by atoms with Gasteiger partial charge in [-0.15, -0.1) is 0 Å². The molecule has 0 bridgehead atoms. The van der Waals surface area contributed by atoms with Gasteiger partial charge in [-0.1, -0.05) is 72.8 Å². The largest absolute Gasteiger partial charge is 0.416 e. The summed E-state index contributed by atoms with van der Waals surface area (Å²) in [7, 11) is 0. The first-order chi connectivity index (χ1) is 21.6. The van der Waals surface area contributed by atoms with Crippen LogP contribution < -0.4 is 0 Å². The lowest BCUT2D eigenvalue weighted by Gasteiger charge is -2.31. The van der Waals surface area contributed by atoms with Gasteiger partial charge in [0.05, 0.1) is 27.9 Å². The van der Waals surface area contributed by atoms with Crippen molar-refractivity contribution in [1.29, 1.82) is 0 Å². The lowest BCUT2D eigenvalue weighted by atomic mass is 9.70. The molecule has 8 rings (SSSR count). The summed E-state index contributed by atoms with van der Waals surface area (Å²) in [5.41, 5.74) is 6.43. The number of hydrogen-bond acceptors (Lipinski definition) is 2. The van der Waals surface area contributed by atoms with E-state index in [1.165, 1.54) is 0 Å². The maximum absolute atomic E-state index is 13.6. The van der Waals surface area contributed by atoms with Crippen molar-refractivity contribution in [1.82, 2.24) is 9.97 Å². The normalized spacial score (nSPS) is 14.2. The van der Waals surface area contributed by atoms with Gasteiger partial charge in [0.1, 0.15) is 0 Å². The highest BCUT2D eigenvalue weighted by Gasteiger charge is 2.51. The maximum atomic E-state index is 13.6. The molecule has 0 aliphatic heterocycles. The summed E-state index contributed by atoms with van der Waals surface area (Å²) in [6.45, 7) is 0. The number of aromatic nitrogens is 2. The summed E-state index contributed by atoms with van der Waals surface area (Å²) in [4.78, 5) is 8.57. The zero-order valence-corrected chi connectivity index (χ0v) is 23.2. The molecule has 1 spiro atoms. The molecule has 2 aliphatic carbocycles. The third-order valence-corrected chi connectivity index (χ3v) is 8.86. The lowest BCUT2D eigenvalue weighted by Crippen LogP contribution is -2.26. The summed E-state index contributed by atoms with van der Waals surface area (Å²) in [5, 5.41) is 0. The smallest absolute Gasteiger partial charge is 0.256 e. The standard InChI is InChI=1S/C37H20F6N2/c38-36(39,40)23-13-15-44-33(19-23)21-9-11-27-25-5-1-3-7-29(25)35(31(27)17-21)30-8-4-2-6-26(30)28-12-10-22(18-32(28)35)34-20-24(14-16-45-34)37(41,42)43/h1-20H. The highest BCUT2D eigenvalue weighted by molar-refractivity contribution is 5.96. The Morgan fingerprint density at radius 2 is 0.822 bits per heavy atom. The molecule has 0 amide bonds. The van der Waals surface area contributed by atoms with Gasteiger partial charge >= 0.3 is 12.4 Å². The molecule has 2 nitrogen and oxygen atoms in total. The fourth-order valence-electron chi connectivity index (χ4n) is 6.99. The number of benzene rings is 4. The molecule has 0 unspecified atom stereocenters. The van der Waals surface area contributed by atoms with Crippen LogP contribution in [-0.4, -0.2) is 9.97 Å². The minimum atomic E-state index is -4.52. The maximum Gasteiger partial charge on any atom is 0.416 e. The van der Waals surface area contributed by atoms with E-state index in [-0.39, 0.29) is 11.4 Å². The summed E-state index contributed by atoms with van der Waals surface area (Å²) in [6.07, 6.45) is -6.74. The highest BCUT2D eigenvalue weighted by atomic mass is 19.4. The zero-order chi connectivity index (χ0) is 31.1. The predicted octanol–water partition coefficient (Wildman–Crippen LogP) is 10.2. The van der Waals surface area contributed by atoms with Crippen molar-refractivity contribution in [3.63, 3.8) is 0 Å². The molecular formula is C37H20F6N2. The molecule has 0 atom stereocenters. The number of nitrogens with zero attached hydrogens (tertiary/aromatic N) is 2. The third-order valence-electron chi connectivity index (χ3n) is 8.86. The number of pyridine rings is 2. The average molecular weight is 607 g/mol. The van der Waals surface area contributed by atoms with E-state index < -0.39 is 28.9 Å². The van der Waals surface area contributed by atoms with Gasteiger partial charge in [-0.2, -0.15) is 26.3 Å². The van der Waals surface area contributed by atoms with Crippen LogP contribution in [0.4, 0.5) is 26.3 Å². The summed E-state index contributed by atoms with van der Waals surface area (Å²) < 4.78 is 81.8. The van der Waals surface area contributed by atoms with E-state index in [2.05, 4.69) is 9.97 Å². The van der Waals surface area contributed by atoms with E-state index in [0.717, 1.165) is 81.2 Å². The second-order valence-electron chi connectivity index (χ2n) is 11.2. The van der Waals surface area contributed by atoms with Gasteiger partial charge in [-0.05, 0) is 80.9 Å². The van der Waals surface area contributed by atoms with E-state index in [0.29, 0.717) is 11.1 Å². The second-order valence-corrected chi connectivity index (χ2v) is 11.2. The Balaban J connectivity index is 1.41. The van der Waals surface area contributed by atoms with Crippen LogP contribution in [0.3, 0.4) is 0 Å². The van der Waals surface area contributed by atoms with Crippen molar-refractivity contribution in [2.75, 3.05) is 0 Å². The van der Waals surface area contributed by atoms with Crippen molar-refractivity contribution in [2.24, 2.45) is 0 Å². The van der Waals surface area contributed by atoms with E-state index in [4.69, 9.17) is 0 Å². The fraction of sp³-hybridized carbons (Fsp3) is 0.0811. The van der Waals surface area contributed by atoms with Gasteiger partial charge in [0.15, 0.2) is 0 Å². The van der Waals surface area contributed by atoms with Gasteiger partial charge in [0.25, 0.3) is 0 Å². The van der Waals surface area contributed by atoms with Crippen molar-refractivity contribution in [3.05, 3.63) is 155 Å². The Labute approximate surface area is 253 Å². The molecule has 0 fully saturated rings. The first-order valence-electron chi connectivity index (χ1n) is 14.1. The predicted molar refractivity (Wildman–Crippen MR) is 159 cm³/mol. The number of halogens is 6. The van der Waals surface area contributed by atoms with Crippen LogP contribution in [0.5, 0.6) is 0 Å².